The Kier molecular flexibility index (Phi) is 4.72. The average Bonchev–Trinajstić information content (AvgIpc) is 2.22. The molecule has 0 unspecified atom stereocenters. The van der Waals surface area contributed by atoms with Crippen LogP contribution in [0.2, 0.25) is 0 Å². The number of carbonyl (C=O) groups excluding carboxylic acids is 2. The van der Waals surface area contributed by atoms with Gasteiger partial charge in [-0.3, -0.25) is 9.59 Å². The molecule has 1 aliphatic rings. The van der Waals surface area contributed by atoms with Crippen molar-refractivity contribution < 1.29 is 14.3 Å². The number of rotatable bonds is 4. The van der Waals surface area contributed by atoms with E-state index in [0.717, 1.165) is 12.8 Å². The molecule has 2 atom stereocenters. The smallest absolute Gasteiger partial charge is 0.306 e. The molecule has 0 bridgehead atoms. The van der Waals surface area contributed by atoms with Gasteiger partial charge in [-0.25, -0.2) is 0 Å². The maximum atomic E-state index is 12.2. The van der Waals surface area contributed by atoms with Crippen molar-refractivity contribution in [2.24, 2.45) is 17.3 Å². The Balaban J connectivity index is 2.84. The Morgan fingerprint density at radius 3 is 2.71 bits per heavy atom. The van der Waals surface area contributed by atoms with Crippen molar-refractivity contribution in [2.45, 2.75) is 53.4 Å². The van der Waals surface area contributed by atoms with E-state index in [1.54, 1.807) is 6.92 Å². The fourth-order valence-corrected chi connectivity index (χ4v) is 3.10. The molecule has 0 radical (unpaired) electrons. The summed E-state index contributed by atoms with van der Waals surface area (Å²) in [6, 6.07) is 0. The van der Waals surface area contributed by atoms with Crippen molar-refractivity contribution >= 4 is 11.8 Å². The molecule has 1 rings (SSSR count). The first-order chi connectivity index (χ1) is 7.91. The second kappa shape index (κ2) is 5.65. The molecule has 3 nitrogen and oxygen atoms in total. The molecule has 0 saturated heterocycles. The Labute approximate surface area is 104 Å². The molecule has 17 heavy (non-hydrogen) atoms. The Bertz CT molecular complexity index is 296. The van der Waals surface area contributed by atoms with Gasteiger partial charge in [0.2, 0.25) is 0 Å². The zero-order valence-electron chi connectivity index (χ0n) is 11.4. The van der Waals surface area contributed by atoms with Gasteiger partial charge in [-0.15, -0.1) is 0 Å². The number of Topliss-reactive ketones (excluding diaryl/α,β-unsaturated/α-hetero) is 1. The first-order valence-corrected chi connectivity index (χ1v) is 6.60. The number of hydrogen-bond acceptors (Lipinski definition) is 3. The van der Waals surface area contributed by atoms with E-state index >= 15 is 0 Å². The molecule has 1 saturated carbocycles. The first-order valence-electron chi connectivity index (χ1n) is 6.60. The van der Waals surface area contributed by atoms with Crippen LogP contribution in [0.5, 0.6) is 0 Å². The Morgan fingerprint density at radius 2 is 2.18 bits per heavy atom. The number of esters is 1. The van der Waals surface area contributed by atoms with Gasteiger partial charge in [0.05, 0.1) is 13.0 Å². The van der Waals surface area contributed by atoms with Crippen LogP contribution >= 0.6 is 0 Å². The number of ether oxygens (including phenoxy) is 1. The summed E-state index contributed by atoms with van der Waals surface area (Å²) in [6.45, 7) is 8.38. The molecule has 0 aromatic rings. The van der Waals surface area contributed by atoms with Crippen LogP contribution in [0.3, 0.4) is 0 Å². The van der Waals surface area contributed by atoms with Crippen molar-refractivity contribution in [1.29, 1.82) is 0 Å². The largest absolute Gasteiger partial charge is 0.466 e. The molecule has 0 aliphatic heterocycles. The lowest BCUT2D eigenvalue weighted by Gasteiger charge is -2.41. The fraction of sp³-hybridized carbons (Fsp3) is 0.857. The maximum Gasteiger partial charge on any atom is 0.306 e. The lowest BCUT2D eigenvalue weighted by molar-refractivity contribution is -0.153. The fourth-order valence-electron chi connectivity index (χ4n) is 3.10. The Hall–Kier alpha value is -0.860. The summed E-state index contributed by atoms with van der Waals surface area (Å²) in [7, 11) is 0. The molecule has 0 heterocycles. The van der Waals surface area contributed by atoms with E-state index in [1.165, 1.54) is 0 Å². The average molecular weight is 240 g/mol. The van der Waals surface area contributed by atoms with E-state index in [9.17, 15) is 9.59 Å². The van der Waals surface area contributed by atoms with E-state index < -0.39 is 5.41 Å². The maximum absolute atomic E-state index is 12.2. The summed E-state index contributed by atoms with van der Waals surface area (Å²) < 4.78 is 5.00. The van der Waals surface area contributed by atoms with Crippen LogP contribution in [0.25, 0.3) is 0 Å². The van der Waals surface area contributed by atoms with Crippen LogP contribution in [-0.4, -0.2) is 18.4 Å². The lowest BCUT2D eigenvalue weighted by Crippen LogP contribution is -2.43. The van der Waals surface area contributed by atoms with Gasteiger partial charge in [0, 0.05) is 11.8 Å². The Morgan fingerprint density at radius 1 is 1.53 bits per heavy atom. The minimum atomic E-state index is -0.515. The van der Waals surface area contributed by atoms with E-state index in [2.05, 4.69) is 13.8 Å². The van der Waals surface area contributed by atoms with Crippen molar-refractivity contribution in [3.05, 3.63) is 0 Å². The molecule has 3 heteroatoms. The molecule has 0 amide bonds. The highest BCUT2D eigenvalue weighted by molar-refractivity contribution is 5.89. The minimum Gasteiger partial charge on any atom is -0.466 e. The zero-order chi connectivity index (χ0) is 13.1. The number of ketones is 1. The third kappa shape index (κ3) is 3.08. The standard InChI is InChI=1S/C14H24O3/c1-5-17-13(16)9-14(4)11(10(2)3)7-6-8-12(14)15/h10-11H,5-9H2,1-4H3/t11-,14-/m0/s1. The summed E-state index contributed by atoms with van der Waals surface area (Å²) in [5.74, 6) is 0.721. The van der Waals surface area contributed by atoms with Crippen molar-refractivity contribution in [3.8, 4) is 0 Å². The van der Waals surface area contributed by atoms with E-state index in [0.29, 0.717) is 24.9 Å². The van der Waals surface area contributed by atoms with Crippen LogP contribution < -0.4 is 0 Å². The molecular weight excluding hydrogens is 216 g/mol. The van der Waals surface area contributed by atoms with Gasteiger partial charge < -0.3 is 4.74 Å². The zero-order valence-corrected chi connectivity index (χ0v) is 11.4. The van der Waals surface area contributed by atoms with E-state index in [4.69, 9.17) is 4.74 Å². The van der Waals surface area contributed by atoms with Gasteiger partial charge >= 0.3 is 5.97 Å². The van der Waals surface area contributed by atoms with Crippen LogP contribution in [0.4, 0.5) is 0 Å². The second-order valence-electron chi connectivity index (χ2n) is 5.57. The highest BCUT2D eigenvalue weighted by Gasteiger charge is 2.46. The van der Waals surface area contributed by atoms with Crippen LogP contribution in [0.1, 0.15) is 53.4 Å². The summed E-state index contributed by atoms with van der Waals surface area (Å²) in [5.41, 5.74) is -0.515. The highest BCUT2D eigenvalue weighted by Crippen LogP contribution is 2.45. The van der Waals surface area contributed by atoms with Gasteiger partial charge in [0.15, 0.2) is 0 Å². The molecule has 0 N–H and O–H groups in total. The molecule has 1 fully saturated rings. The topological polar surface area (TPSA) is 43.4 Å². The number of carbonyl (C=O) groups is 2. The number of hydrogen-bond donors (Lipinski definition) is 0. The summed E-state index contributed by atoms with van der Waals surface area (Å²) >= 11 is 0. The van der Waals surface area contributed by atoms with Gasteiger partial charge in [-0.2, -0.15) is 0 Å². The van der Waals surface area contributed by atoms with Crippen LogP contribution in [-0.2, 0) is 14.3 Å². The van der Waals surface area contributed by atoms with Gasteiger partial charge in [-0.1, -0.05) is 20.8 Å². The van der Waals surface area contributed by atoms with E-state index in [1.807, 2.05) is 6.92 Å². The summed E-state index contributed by atoms with van der Waals surface area (Å²) in [6.07, 6.45) is 2.85. The molecule has 1 aliphatic carbocycles. The minimum absolute atomic E-state index is 0.232. The first kappa shape index (κ1) is 14.2. The van der Waals surface area contributed by atoms with Crippen LogP contribution in [0.15, 0.2) is 0 Å². The molecule has 98 valence electrons. The predicted octanol–water partition coefficient (Wildman–Crippen LogP) is 2.97. The molecule has 0 aromatic carbocycles. The second-order valence-corrected chi connectivity index (χ2v) is 5.57. The predicted molar refractivity (Wildman–Crippen MR) is 66.5 cm³/mol. The normalized spacial score (nSPS) is 29.5. The molecule has 0 aromatic heterocycles. The van der Waals surface area contributed by atoms with Gasteiger partial charge in [-0.05, 0) is 31.6 Å². The van der Waals surface area contributed by atoms with Gasteiger partial charge in [0.1, 0.15) is 5.78 Å². The quantitative estimate of drug-likeness (QED) is 0.709. The monoisotopic (exact) mass is 240 g/mol. The van der Waals surface area contributed by atoms with E-state index in [-0.39, 0.29) is 18.2 Å². The van der Waals surface area contributed by atoms with Gasteiger partial charge in [0.25, 0.3) is 0 Å². The molecular formula is C14H24O3. The highest BCUT2D eigenvalue weighted by atomic mass is 16.5. The third-order valence-corrected chi connectivity index (χ3v) is 4.00. The van der Waals surface area contributed by atoms with Crippen molar-refractivity contribution in [3.63, 3.8) is 0 Å². The summed E-state index contributed by atoms with van der Waals surface area (Å²) in [4.78, 5) is 23.8. The third-order valence-electron chi connectivity index (χ3n) is 4.00. The SMILES string of the molecule is CCOC(=O)C[C@]1(C)C(=O)CCC[C@H]1C(C)C. The van der Waals surface area contributed by atoms with Crippen molar-refractivity contribution in [2.75, 3.05) is 6.61 Å². The molecule has 0 spiro atoms. The van der Waals surface area contributed by atoms with Crippen molar-refractivity contribution in [1.82, 2.24) is 0 Å². The summed E-state index contributed by atoms with van der Waals surface area (Å²) in [5, 5.41) is 0. The van der Waals surface area contributed by atoms with Crippen LogP contribution in [0, 0.1) is 17.3 Å². The lowest BCUT2D eigenvalue weighted by atomic mass is 9.61.